The average Bonchev–Trinajstić information content (AvgIpc) is 3.14. The molecule has 1 aromatic carbocycles. The predicted octanol–water partition coefficient (Wildman–Crippen LogP) is 3.06. The van der Waals surface area contributed by atoms with Crippen LogP contribution in [-0.2, 0) is 0 Å². The molecule has 76 valence electrons. The van der Waals surface area contributed by atoms with E-state index in [9.17, 15) is 0 Å². The molecule has 0 saturated heterocycles. The molecule has 1 nitrogen and oxygen atoms in total. The zero-order valence-corrected chi connectivity index (χ0v) is 8.76. The summed E-state index contributed by atoms with van der Waals surface area (Å²) in [5, 5.41) is 0. The Labute approximate surface area is 90.7 Å². The van der Waals surface area contributed by atoms with Crippen molar-refractivity contribution < 1.29 is 0 Å². The Morgan fingerprint density at radius 1 is 1.07 bits per heavy atom. The number of nitrogens with zero attached hydrogens (tertiary/aromatic N) is 1. The van der Waals surface area contributed by atoms with Crippen molar-refractivity contribution in [1.29, 1.82) is 0 Å². The molecule has 1 heterocycles. The Kier molecular flexibility index (Phi) is 2.09. The highest BCUT2D eigenvalue weighted by Crippen LogP contribution is 2.31. The summed E-state index contributed by atoms with van der Waals surface area (Å²) in [5.74, 6) is 0. The minimum absolute atomic E-state index is 0.814. The number of benzene rings is 1. The number of allylic oxidation sites excluding steroid dienone is 2. The molecule has 1 saturated carbocycles. The van der Waals surface area contributed by atoms with Gasteiger partial charge in [0.15, 0.2) is 0 Å². The maximum atomic E-state index is 2.46. The van der Waals surface area contributed by atoms with Crippen LogP contribution in [0.3, 0.4) is 0 Å². The molecule has 0 atom stereocenters. The van der Waals surface area contributed by atoms with Crippen LogP contribution in [0.25, 0.3) is 5.57 Å². The number of hydrogen-bond donors (Lipinski definition) is 0. The first-order valence-corrected chi connectivity index (χ1v) is 5.62. The minimum Gasteiger partial charge on any atom is -0.370 e. The van der Waals surface area contributed by atoms with Gasteiger partial charge in [-0.05, 0) is 36.3 Å². The lowest BCUT2D eigenvalue weighted by Gasteiger charge is -2.24. The fourth-order valence-electron chi connectivity index (χ4n) is 2.07. The SMILES string of the molecule is C1=CN(C2CC2)CC(c2ccccc2)=C1. The average molecular weight is 197 g/mol. The molecule has 1 fully saturated rings. The topological polar surface area (TPSA) is 3.24 Å². The zero-order valence-electron chi connectivity index (χ0n) is 8.76. The third kappa shape index (κ3) is 1.82. The monoisotopic (exact) mass is 197 g/mol. The lowest BCUT2D eigenvalue weighted by Crippen LogP contribution is -2.23. The van der Waals surface area contributed by atoms with E-state index in [1.165, 1.54) is 24.0 Å². The van der Waals surface area contributed by atoms with Gasteiger partial charge in [-0.15, -0.1) is 0 Å². The van der Waals surface area contributed by atoms with E-state index in [0.717, 1.165) is 12.6 Å². The molecule has 15 heavy (non-hydrogen) atoms. The van der Waals surface area contributed by atoms with E-state index in [0.29, 0.717) is 0 Å². The maximum absolute atomic E-state index is 2.46. The van der Waals surface area contributed by atoms with Crippen LogP contribution in [0, 0.1) is 0 Å². The third-order valence-electron chi connectivity index (χ3n) is 3.09. The van der Waals surface area contributed by atoms with Gasteiger partial charge >= 0.3 is 0 Å². The summed E-state index contributed by atoms with van der Waals surface area (Å²) in [5.41, 5.74) is 2.79. The van der Waals surface area contributed by atoms with Crippen molar-refractivity contribution in [2.75, 3.05) is 6.54 Å². The van der Waals surface area contributed by atoms with Crippen molar-refractivity contribution in [1.82, 2.24) is 4.90 Å². The molecule has 3 rings (SSSR count). The Bertz CT molecular complexity index is 399. The summed E-state index contributed by atoms with van der Waals surface area (Å²) in [6.45, 7) is 1.07. The molecule has 0 aromatic heterocycles. The first-order chi connectivity index (χ1) is 7.43. The molecule has 1 aromatic rings. The van der Waals surface area contributed by atoms with Crippen molar-refractivity contribution >= 4 is 5.57 Å². The van der Waals surface area contributed by atoms with Crippen molar-refractivity contribution in [2.45, 2.75) is 18.9 Å². The predicted molar refractivity (Wildman–Crippen MR) is 63.3 cm³/mol. The van der Waals surface area contributed by atoms with Crippen molar-refractivity contribution in [3.8, 4) is 0 Å². The van der Waals surface area contributed by atoms with Gasteiger partial charge in [-0.25, -0.2) is 0 Å². The van der Waals surface area contributed by atoms with E-state index in [-0.39, 0.29) is 0 Å². The Morgan fingerprint density at radius 2 is 1.87 bits per heavy atom. The summed E-state index contributed by atoms with van der Waals surface area (Å²) >= 11 is 0. The van der Waals surface area contributed by atoms with Gasteiger partial charge in [-0.1, -0.05) is 36.4 Å². The Morgan fingerprint density at radius 3 is 2.60 bits per heavy atom. The maximum Gasteiger partial charge on any atom is 0.0433 e. The van der Waals surface area contributed by atoms with E-state index in [4.69, 9.17) is 0 Å². The van der Waals surface area contributed by atoms with Gasteiger partial charge < -0.3 is 4.90 Å². The third-order valence-corrected chi connectivity index (χ3v) is 3.09. The summed E-state index contributed by atoms with van der Waals surface area (Å²) in [7, 11) is 0. The molecular formula is C14H15N. The van der Waals surface area contributed by atoms with Gasteiger partial charge in [0.1, 0.15) is 0 Å². The summed E-state index contributed by atoms with van der Waals surface area (Å²) in [6.07, 6.45) is 9.36. The zero-order chi connectivity index (χ0) is 10.1. The van der Waals surface area contributed by atoms with Gasteiger partial charge in [-0.3, -0.25) is 0 Å². The molecule has 2 aliphatic rings. The first kappa shape index (κ1) is 8.78. The van der Waals surface area contributed by atoms with Gasteiger partial charge in [0, 0.05) is 12.6 Å². The lowest BCUT2D eigenvalue weighted by molar-refractivity contribution is 0.408. The summed E-state index contributed by atoms with van der Waals surface area (Å²) < 4.78 is 0. The molecule has 0 bridgehead atoms. The van der Waals surface area contributed by atoms with Crippen LogP contribution in [0.1, 0.15) is 18.4 Å². The van der Waals surface area contributed by atoms with Gasteiger partial charge in [-0.2, -0.15) is 0 Å². The van der Waals surface area contributed by atoms with Crippen LogP contribution >= 0.6 is 0 Å². The molecule has 0 unspecified atom stereocenters. The summed E-state index contributed by atoms with van der Waals surface area (Å²) in [6, 6.07) is 11.5. The molecule has 1 aliphatic carbocycles. The highest BCUT2D eigenvalue weighted by molar-refractivity contribution is 5.69. The largest absolute Gasteiger partial charge is 0.370 e. The Balaban J connectivity index is 1.82. The van der Waals surface area contributed by atoms with E-state index < -0.39 is 0 Å². The van der Waals surface area contributed by atoms with E-state index in [1.807, 2.05) is 0 Å². The van der Waals surface area contributed by atoms with Crippen LogP contribution < -0.4 is 0 Å². The van der Waals surface area contributed by atoms with Crippen LogP contribution in [-0.4, -0.2) is 17.5 Å². The molecule has 0 N–H and O–H groups in total. The van der Waals surface area contributed by atoms with E-state index in [2.05, 4.69) is 53.6 Å². The highest BCUT2D eigenvalue weighted by Gasteiger charge is 2.28. The van der Waals surface area contributed by atoms with Gasteiger partial charge in [0.2, 0.25) is 0 Å². The molecule has 1 heteroatoms. The lowest BCUT2D eigenvalue weighted by atomic mass is 10.0. The van der Waals surface area contributed by atoms with Crippen LogP contribution in [0.5, 0.6) is 0 Å². The smallest absolute Gasteiger partial charge is 0.0433 e. The molecule has 0 spiro atoms. The summed E-state index contributed by atoms with van der Waals surface area (Å²) in [4.78, 5) is 2.46. The normalized spacial score (nSPS) is 20.3. The number of hydrogen-bond acceptors (Lipinski definition) is 1. The Hall–Kier alpha value is -1.50. The fourth-order valence-corrected chi connectivity index (χ4v) is 2.07. The molecular weight excluding hydrogens is 182 g/mol. The fraction of sp³-hybridized carbons (Fsp3) is 0.286. The second-order valence-electron chi connectivity index (χ2n) is 4.30. The van der Waals surface area contributed by atoms with Crippen LogP contribution in [0.4, 0.5) is 0 Å². The van der Waals surface area contributed by atoms with Crippen molar-refractivity contribution in [2.24, 2.45) is 0 Å². The van der Waals surface area contributed by atoms with E-state index >= 15 is 0 Å². The second-order valence-corrected chi connectivity index (χ2v) is 4.30. The number of rotatable bonds is 2. The van der Waals surface area contributed by atoms with Crippen molar-refractivity contribution in [3.63, 3.8) is 0 Å². The van der Waals surface area contributed by atoms with E-state index in [1.54, 1.807) is 0 Å². The van der Waals surface area contributed by atoms with Crippen LogP contribution in [0.15, 0.2) is 48.7 Å². The first-order valence-electron chi connectivity index (χ1n) is 5.62. The van der Waals surface area contributed by atoms with Crippen LogP contribution in [0.2, 0.25) is 0 Å². The molecule has 0 radical (unpaired) electrons. The second kappa shape index (κ2) is 3.58. The molecule has 1 aliphatic heterocycles. The standard InChI is InChI=1S/C14H15N/c1-2-5-12(6-3-1)13-7-4-10-15(11-13)14-8-9-14/h1-7,10,14H,8-9,11H2. The molecule has 0 amide bonds. The quantitative estimate of drug-likeness (QED) is 0.704. The highest BCUT2D eigenvalue weighted by atomic mass is 15.2. The van der Waals surface area contributed by atoms with Gasteiger partial charge in [0.05, 0.1) is 0 Å². The van der Waals surface area contributed by atoms with Crippen molar-refractivity contribution in [3.05, 3.63) is 54.2 Å². The minimum atomic E-state index is 0.814. The van der Waals surface area contributed by atoms with Gasteiger partial charge in [0.25, 0.3) is 0 Å².